The van der Waals surface area contributed by atoms with Gasteiger partial charge < -0.3 is 10.3 Å². The highest BCUT2D eigenvalue weighted by Gasteiger charge is 2.23. The molecule has 0 aliphatic heterocycles. The van der Waals surface area contributed by atoms with Crippen LogP contribution in [0.1, 0.15) is 18.1 Å². The van der Waals surface area contributed by atoms with Gasteiger partial charge >= 0.3 is 0 Å². The lowest BCUT2D eigenvalue weighted by atomic mass is 9.93. The summed E-state index contributed by atoms with van der Waals surface area (Å²) in [5.74, 6) is -4.03. The summed E-state index contributed by atoms with van der Waals surface area (Å²) in [5.41, 5.74) is -0.0988. The summed E-state index contributed by atoms with van der Waals surface area (Å²) in [6.45, 7) is 3.00. The second-order valence-corrected chi connectivity index (χ2v) is 6.79. The van der Waals surface area contributed by atoms with Gasteiger partial charge in [-0.1, -0.05) is 12.2 Å². The predicted octanol–water partition coefficient (Wildman–Crippen LogP) is 3.30. The fourth-order valence-electron chi connectivity index (χ4n) is 3.31. The maximum atomic E-state index is 14.2. The number of rotatable bonds is 4. The highest BCUT2D eigenvalue weighted by atomic mass is 19.2. The Morgan fingerprint density at radius 2 is 2.07 bits per heavy atom. The number of benzene rings is 1. The van der Waals surface area contributed by atoms with E-state index < -0.39 is 40.9 Å². The standard InChI is InChI=1S/C21H17F3N3O2/c1-10-14(21(29)27-17-6-5-15(22)20(24)19(10)17)8-18(28)26-11(2)13-4-3-12(9-25)7-16(13)23/h3-7,11-12H,8H2,1-2H3,(H,26,28)(H,27,29)/t11-,12?/m1/s1. The summed E-state index contributed by atoms with van der Waals surface area (Å²) < 4.78 is 41.9. The molecule has 1 aromatic heterocycles. The van der Waals surface area contributed by atoms with Gasteiger partial charge in [-0.3, -0.25) is 9.59 Å². The van der Waals surface area contributed by atoms with Crippen molar-refractivity contribution in [2.45, 2.75) is 26.3 Å². The van der Waals surface area contributed by atoms with Crippen LogP contribution in [-0.2, 0) is 11.2 Å². The number of hydrogen-bond donors (Lipinski definition) is 2. The number of carbonyl (C=O) groups excluding carboxylic acids is 1. The average molecular weight is 400 g/mol. The molecule has 0 bridgehead atoms. The molecule has 0 saturated carbocycles. The van der Waals surface area contributed by atoms with Crippen LogP contribution in [0, 0.1) is 42.2 Å². The monoisotopic (exact) mass is 400 g/mol. The molecule has 1 aliphatic carbocycles. The SMILES string of the molecule is Cc1c(CC(=O)N[C@H](C)C2=C(F)[CH]C(C#N)C=C2)c(=O)[nH]c2ccc(F)c(F)c12. The summed E-state index contributed by atoms with van der Waals surface area (Å²) in [6, 6.07) is 3.35. The largest absolute Gasteiger partial charge is 0.349 e. The molecule has 0 saturated heterocycles. The zero-order chi connectivity index (χ0) is 21.3. The third-order valence-corrected chi connectivity index (χ3v) is 4.86. The number of nitrogens with zero attached hydrogens (tertiary/aromatic N) is 1. The first-order valence-corrected chi connectivity index (χ1v) is 8.84. The van der Waals surface area contributed by atoms with Crippen LogP contribution in [0.3, 0.4) is 0 Å². The lowest BCUT2D eigenvalue weighted by molar-refractivity contribution is -0.120. The second-order valence-electron chi connectivity index (χ2n) is 6.79. The Hall–Kier alpha value is -3.34. The fourth-order valence-corrected chi connectivity index (χ4v) is 3.31. The maximum Gasteiger partial charge on any atom is 0.252 e. The number of aromatic amines is 1. The summed E-state index contributed by atoms with van der Waals surface area (Å²) >= 11 is 0. The highest BCUT2D eigenvalue weighted by molar-refractivity contribution is 5.86. The first kappa shape index (κ1) is 20.4. The number of aromatic nitrogens is 1. The van der Waals surface area contributed by atoms with Crippen molar-refractivity contribution in [2.75, 3.05) is 0 Å². The van der Waals surface area contributed by atoms with E-state index in [1.54, 1.807) is 6.92 Å². The van der Waals surface area contributed by atoms with E-state index in [0.29, 0.717) is 0 Å². The minimum Gasteiger partial charge on any atom is -0.349 e. The van der Waals surface area contributed by atoms with Crippen LogP contribution in [0.25, 0.3) is 10.9 Å². The molecule has 3 rings (SSSR count). The number of carbonyl (C=O) groups is 1. The van der Waals surface area contributed by atoms with Crippen molar-refractivity contribution in [2.24, 2.45) is 5.92 Å². The van der Waals surface area contributed by atoms with Crippen molar-refractivity contribution in [3.63, 3.8) is 0 Å². The number of nitrogens with one attached hydrogen (secondary N) is 2. The van der Waals surface area contributed by atoms with Crippen LogP contribution in [0.4, 0.5) is 13.2 Å². The van der Waals surface area contributed by atoms with E-state index in [-0.39, 0.29) is 34.0 Å². The maximum absolute atomic E-state index is 14.2. The number of halogens is 3. The Bertz CT molecular complexity index is 1160. The van der Waals surface area contributed by atoms with Crippen molar-refractivity contribution in [1.82, 2.24) is 10.3 Å². The molecule has 1 amide bonds. The van der Waals surface area contributed by atoms with Gasteiger partial charge in [0.05, 0.1) is 30.0 Å². The molecule has 1 unspecified atom stereocenters. The van der Waals surface area contributed by atoms with Gasteiger partial charge in [0, 0.05) is 22.9 Å². The van der Waals surface area contributed by atoms with Crippen molar-refractivity contribution < 1.29 is 18.0 Å². The number of H-pyrrole nitrogens is 1. The number of hydrogen-bond acceptors (Lipinski definition) is 3. The molecular formula is C21H17F3N3O2. The lowest BCUT2D eigenvalue weighted by Gasteiger charge is -2.20. The molecule has 1 radical (unpaired) electrons. The highest BCUT2D eigenvalue weighted by Crippen LogP contribution is 2.26. The van der Waals surface area contributed by atoms with Crippen LogP contribution >= 0.6 is 0 Å². The number of allylic oxidation sites excluding steroid dienone is 2. The van der Waals surface area contributed by atoms with Gasteiger partial charge in [0.1, 0.15) is 5.83 Å². The predicted molar refractivity (Wildman–Crippen MR) is 101 cm³/mol. The van der Waals surface area contributed by atoms with E-state index in [2.05, 4.69) is 10.3 Å². The number of amides is 1. The Morgan fingerprint density at radius 1 is 1.34 bits per heavy atom. The Labute approximate surface area is 164 Å². The lowest BCUT2D eigenvalue weighted by Crippen LogP contribution is -2.37. The van der Waals surface area contributed by atoms with E-state index in [0.717, 1.165) is 12.5 Å². The van der Waals surface area contributed by atoms with E-state index >= 15 is 0 Å². The minimum absolute atomic E-state index is 0.00329. The third-order valence-electron chi connectivity index (χ3n) is 4.86. The molecule has 5 nitrogen and oxygen atoms in total. The first-order chi connectivity index (χ1) is 13.7. The van der Waals surface area contributed by atoms with Crippen LogP contribution in [0.2, 0.25) is 0 Å². The van der Waals surface area contributed by atoms with Gasteiger partial charge in [-0.25, -0.2) is 13.2 Å². The molecule has 0 spiro atoms. The zero-order valence-electron chi connectivity index (χ0n) is 15.6. The van der Waals surface area contributed by atoms with Crippen LogP contribution in [-0.4, -0.2) is 16.9 Å². The van der Waals surface area contributed by atoms with Crippen LogP contribution < -0.4 is 10.9 Å². The number of nitriles is 1. The molecule has 149 valence electrons. The van der Waals surface area contributed by atoms with E-state index in [4.69, 9.17) is 5.26 Å². The Kier molecular flexibility index (Phi) is 5.59. The van der Waals surface area contributed by atoms with Crippen LogP contribution in [0.15, 0.2) is 40.5 Å². The Balaban J connectivity index is 1.84. The topological polar surface area (TPSA) is 85.8 Å². The molecule has 2 aromatic rings. The van der Waals surface area contributed by atoms with Crippen molar-refractivity contribution in [3.8, 4) is 6.07 Å². The van der Waals surface area contributed by atoms with Gasteiger partial charge in [0.2, 0.25) is 5.91 Å². The first-order valence-electron chi connectivity index (χ1n) is 8.84. The number of fused-ring (bicyclic) bond motifs is 1. The molecule has 29 heavy (non-hydrogen) atoms. The van der Waals surface area contributed by atoms with E-state index in [1.807, 2.05) is 6.07 Å². The summed E-state index contributed by atoms with van der Waals surface area (Å²) in [4.78, 5) is 27.2. The van der Waals surface area contributed by atoms with Crippen molar-refractivity contribution >= 4 is 16.8 Å². The van der Waals surface area contributed by atoms with Gasteiger partial charge in [0.15, 0.2) is 11.6 Å². The summed E-state index contributed by atoms with van der Waals surface area (Å²) in [6.07, 6.45) is 3.70. The molecule has 0 fully saturated rings. The van der Waals surface area contributed by atoms with E-state index in [1.165, 1.54) is 25.1 Å². The van der Waals surface area contributed by atoms with Gasteiger partial charge in [-0.05, 0) is 31.5 Å². The number of aryl methyl sites for hydroxylation is 1. The van der Waals surface area contributed by atoms with Crippen LogP contribution in [0.5, 0.6) is 0 Å². The third kappa shape index (κ3) is 3.94. The van der Waals surface area contributed by atoms with Crippen molar-refractivity contribution in [3.05, 3.63) is 75.2 Å². The number of pyridine rings is 1. The molecule has 2 atom stereocenters. The Morgan fingerprint density at radius 3 is 2.72 bits per heavy atom. The fraction of sp³-hybridized carbons (Fsp3) is 0.238. The van der Waals surface area contributed by atoms with Crippen molar-refractivity contribution in [1.29, 1.82) is 5.26 Å². The molecular weight excluding hydrogens is 383 g/mol. The van der Waals surface area contributed by atoms with Gasteiger partial charge in [-0.2, -0.15) is 5.26 Å². The minimum atomic E-state index is -1.10. The van der Waals surface area contributed by atoms with E-state index in [9.17, 15) is 22.8 Å². The normalized spacial score (nSPS) is 17.3. The smallest absolute Gasteiger partial charge is 0.252 e. The molecule has 1 aromatic carbocycles. The van der Waals surface area contributed by atoms with Gasteiger partial charge in [0.25, 0.3) is 5.56 Å². The molecule has 2 N–H and O–H groups in total. The average Bonchev–Trinajstić information content (AvgIpc) is 2.67. The quantitative estimate of drug-likeness (QED) is 0.826. The molecule has 1 aliphatic rings. The van der Waals surface area contributed by atoms with Gasteiger partial charge in [-0.15, -0.1) is 0 Å². The summed E-state index contributed by atoms with van der Waals surface area (Å²) in [5, 5.41) is 11.3. The zero-order valence-corrected chi connectivity index (χ0v) is 15.6. The molecule has 8 heteroatoms. The second kappa shape index (κ2) is 7.95. The summed E-state index contributed by atoms with van der Waals surface area (Å²) in [7, 11) is 0. The molecule has 1 heterocycles.